The number of fused-ring (bicyclic) bond motifs is 1. The van der Waals surface area contributed by atoms with Crippen LogP contribution in [0.1, 0.15) is 12.8 Å². The summed E-state index contributed by atoms with van der Waals surface area (Å²) in [7, 11) is 1.70. The number of ether oxygens (including phenoxy) is 1. The summed E-state index contributed by atoms with van der Waals surface area (Å²) in [4.78, 5) is 6.08. The van der Waals surface area contributed by atoms with Crippen molar-refractivity contribution in [3.8, 4) is 34.1 Å². The molecule has 3 heterocycles. The van der Waals surface area contributed by atoms with Gasteiger partial charge in [0.1, 0.15) is 5.75 Å². The second kappa shape index (κ2) is 9.17. The van der Waals surface area contributed by atoms with Crippen molar-refractivity contribution < 1.29 is 4.74 Å². The lowest BCUT2D eigenvalue weighted by Crippen LogP contribution is -2.23. The zero-order valence-corrected chi connectivity index (χ0v) is 20.5. The van der Waals surface area contributed by atoms with Crippen LogP contribution in [0.3, 0.4) is 0 Å². The Hall–Kier alpha value is -3.68. The Bertz CT molecular complexity index is 1530. The van der Waals surface area contributed by atoms with Crippen LogP contribution in [0.5, 0.6) is 5.75 Å². The molecule has 0 amide bonds. The van der Waals surface area contributed by atoms with Crippen molar-refractivity contribution in [2.24, 2.45) is 0 Å². The first-order valence-electron chi connectivity index (χ1n) is 12.0. The molecule has 2 aromatic heterocycles. The number of likely N-dealkylation sites (tertiary alicyclic amines) is 1. The normalized spacial score (nSPS) is 14.1. The third-order valence-corrected chi connectivity index (χ3v) is 7.07. The van der Waals surface area contributed by atoms with Crippen LogP contribution in [-0.2, 0) is 6.67 Å². The predicted molar refractivity (Wildman–Crippen MR) is 142 cm³/mol. The summed E-state index contributed by atoms with van der Waals surface area (Å²) in [6, 6.07) is 26.8. The fourth-order valence-corrected chi connectivity index (χ4v) is 5.25. The molecule has 1 aliphatic heterocycles. The summed E-state index contributed by atoms with van der Waals surface area (Å²) >= 11 is 6.01. The average Bonchev–Trinajstić information content (AvgIpc) is 3.63. The Labute approximate surface area is 209 Å². The molecule has 0 aliphatic carbocycles. The minimum absolute atomic E-state index is 0.688. The van der Waals surface area contributed by atoms with E-state index >= 15 is 0 Å². The van der Waals surface area contributed by atoms with E-state index in [-0.39, 0.29) is 0 Å². The summed E-state index contributed by atoms with van der Waals surface area (Å²) < 4.78 is 10.3. The summed E-state index contributed by atoms with van der Waals surface area (Å²) in [6.07, 6.45) is 2.45. The summed E-state index contributed by atoms with van der Waals surface area (Å²) in [5.41, 5.74) is 5.16. The number of H-pyrrole nitrogens is 1. The van der Waals surface area contributed by atoms with Gasteiger partial charge in [-0.2, -0.15) is 0 Å². The summed E-state index contributed by atoms with van der Waals surface area (Å²) in [6.45, 7) is 2.86. The Morgan fingerprint density at radius 3 is 2.37 bits per heavy atom. The van der Waals surface area contributed by atoms with Gasteiger partial charge in [-0.3, -0.25) is 9.47 Å². The van der Waals surface area contributed by atoms with Gasteiger partial charge in [-0.05, 0) is 74.0 Å². The Morgan fingerprint density at radius 1 is 0.943 bits per heavy atom. The van der Waals surface area contributed by atoms with E-state index in [2.05, 4.69) is 63.0 Å². The number of para-hydroxylation sites is 1. The number of aromatic nitrogens is 4. The number of rotatable bonds is 6. The van der Waals surface area contributed by atoms with Gasteiger partial charge in [-0.1, -0.05) is 48.5 Å². The van der Waals surface area contributed by atoms with Gasteiger partial charge in [0, 0.05) is 16.5 Å². The molecule has 6 rings (SSSR count). The topological polar surface area (TPSA) is 51.0 Å². The van der Waals surface area contributed by atoms with Crippen molar-refractivity contribution in [1.29, 1.82) is 0 Å². The first-order chi connectivity index (χ1) is 17.2. The SMILES string of the molecule is COc1ccc2[nH]c(-c3nn(CN4CCCC4)c(=S)n3-c3ccccc3)c(-c3ccccc3)c2c1. The van der Waals surface area contributed by atoms with Crippen LogP contribution >= 0.6 is 12.2 Å². The smallest absolute Gasteiger partial charge is 0.204 e. The third kappa shape index (κ3) is 3.96. The number of nitrogens with zero attached hydrogens (tertiary/aromatic N) is 4. The Morgan fingerprint density at radius 2 is 1.66 bits per heavy atom. The van der Waals surface area contributed by atoms with Gasteiger partial charge in [-0.25, -0.2) is 4.68 Å². The van der Waals surface area contributed by atoms with E-state index in [0.29, 0.717) is 11.4 Å². The molecular formula is C28H27N5OS. The Balaban J connectivity index is 1.62. The average molecular weight is 482 g/mol. The highest BCUT2D eigenvalue weighted by Crippen LogP contribution is 2.39. The van der Waals surface area contributed by atoms with Crippen molar-refractivity contribution in [3.05, 3.63) is 83.6 Å². The molecule has 0 atom stereocenters. The van der Waals surface area contributed by atoms with E-state index in [1.807, 2.05) is 35.0 Å². The van der Waals surface area contributed by atoms with Crippen molar-refractivity contribution in [2.75, 3.05) is 20.2 Å². The van der Waals surface area contributed by atoms with Crippen LogP contribution in [-0.4, -0.2) is 44.4 Å². The number of hydrogen-bond donors (Lipinski definition) is 1. The molecular weight excluding hydrogens is 454 g/mol. The van der Waals surface area contributed by atoms with Gasteiger partial charge < -0.3 is 9.72 Å². The van der Waals surface area contributed by atoms with Crippen molar-refractivity contribution >= 4 is 23.1 Å². The highest BCUT2D eigenvalue weighted by Gasteiger charge is 2.23. The van der Waals surface area contributed by atoms with E-state index in [4.69, 9.17) is 22.1 Å². The van der Waals surface area contributed by atoms with Gasteiger partial charge in [0.05, 0.1) is 25.2 Å². The van der Waals surface area contributed by atoms with Crippen molar-refractivity contribution in [2.45, 2.75) is 19.5 Å². The van der Waals surface area contributed by atoms with E-state index in [0.717, 1.165) is 58.1 Å². The zero-order valence-electron chi connectivity index (χ0n) is 19.6. The van der Waals surface area contributed by atoms with Gasteiger partial charge in [-0.15, -0.1) is 5.10 Å². The summed E-state index contributed by atoms with van der Waals surface area (Å²) in [5, 5.41) is 6.20. The molecule has 0 spiro atoms. The largest absolute Gasteiger partial charge is 0.497 e. The molecule has 0 bridgehead atoms. The van der Waals surface area contributed by atoms with Gasteiger partial charge in [0.25, 0.3) is 0 Å². The Kier molecular flexibility index (Phi) is 5.72. The number of hydrogen-bond acceptors (Lipinski definition) is 4. The van der Waals surface area contributed by atoms with E-state index < -0.39 is 0 Å². The molecule has 3 aromatic carbocycles. The van der Waals surface area contributed by atoms with Gasteiger partial charge in [0.15, 0.2) is 5.82 Å². The van der Waals surface area contributed by atoms with Gasteiger partial charge >= 0.3 is 0 Å². The molecule has 0 unspecified atom stereocenters. The lowest BCUT2D eigenvalue weighted by Gasteiger charge is -2.13. The van der Waals surface area contributed by atoms with Gasteiger partial charge in [0.2, 0.25) is 4.77 Å². The second-order valence-corrected chi connectivity index (χ2v) is 9.26. The third-order valence-electron chi connectivity index (χ3n) is 6.68. The first kappa shape index (κ1) is 21.8. The zero-order chi connectivity index (χ0) is 23.8. The van der Waals surface area contributed by atoms with Crippen LogP contribution in [0.2, 0.25) is 0 Å². The van der Waals surface area contributed by atoms with E-state index in [9.17, 15) is 0 Å². The minimum Gasteiger partial charge on any atom is -0.497 e. The summed E-state index contributed by atoms with van der Waals surface area (Å²) in [5.74, 6) is 1.62. The highest BCUT2D eigenvalue weighted by atomic mass is 32.1. The lowest BCUT2D eigenvalue weighted by atomic mass is 10.0. The van der Waals surface area contributed by atoms with Crippen LogP contribution in [0.15, 0.2) is 78.9 Å². The van der Waals surface area contributed by atoms with Crippen LogP contribution in [0, 0.1) is 4.77 Å². The molecule has 5 aromatic rings. The number of benzene rings is 3. The molecule has 176 valence electrons. The standard InChI is InChI=1S/C28H27N5OS/c1-34-22-14-15-24-23(18-22)25(20-10-4-2-5-11-20)26(29-24)27-30-32(19-31-16-8-9-17-31)28(35)33(27)21-12-6-3-7-13-21/h2-7,10-15,18,29H,8-9,16-17,19H2,1H3. The molecule has 6 nitrogen and oxygen atoms in total. The molecule has 1 N–H and O–H groups in total. The predicted octanol–water partition coefficient (Wildman–Crippen LogP) is 6.28. The molecule has 1 aliphatic rings. The lowest BCUT2D eigenvalue weighted by molar-refractivity contribution is 0.253. The highest BCUT2D eigenvalue weighted by molar-refractivity contribution is 7.71. The van der Waals surface area contributed by atoms with Crippen molar-refractivity contribution in [1.82, 2.24) is 24.2 Å². The fraction of sp³-hybridized carbons (Fsp3) is 0.214. The molecule has 1 saturated heterocycles. The maximum Gasteiger partial charge on any atom is 0.204 e. The number of nitrogens with one attached hydrogen (secondary N) is 1. The monoisotopic (exact) mass is 481 g/mol. The first-order valence-corrected chi connectivity index (χ1v) is 12.4. The molecule has 7 heteroatoms. The van der Waals surface area contributed by atoms with Crippen LogP contribution in [0.25, 0.3) is 39.2 Å². The number of aromatic amines is 1. The second-order valence-electron chi connectivity index (χ2n) is 8.90. The van der Waals surface area contributed by atoms with Crippen LogP contribution in [0.4, 0.5) is 0 Å². The minimum atomic E-state index is 0.688. The fourth-order valence-electron chi connectivity index (χ4n) is 4.96. The quantitative estimate of drug-likeness (QED) is 0.290. The van der Waals surface area contributed by atoms with Crippen molar-refractivity contribution in [3.63, 3.8) is 0 Å². The molecule has 1 fully saturated rings. The maximum atomic E-state index is 6.01. The molecule has 0 saturated carbocycles. The maximum absolute atomic E-state index is 6.01. The number of methoxy groups -OCH3 is 1. The van der Waals surface area contributed by atoms with E-state index in [1.54, 1.807) is 7.11 Å². The van der Waals surface area contributed by atoms with Crippen LogP contribution < -0.4 is 4.74 Å². The molecule has 35 heavy (non-hydrogen) atoms. The molecule has 0 radical (unpaired) electrons. The van der Waals surface area contributed by atoms with E-state index in [1.165, 1.54) is 12.8 Å².